The Balaban J connectivity index is 1.32. The van der Waals surface area contributed by atoms with E-state index in [1.54, 1.807) is 37.3 Å². The number of piperidine rings is 1. The van der Waals surface area contributed by atoms with Crippen LogP contribution in [-0.2, 0) is 5.75 Å². The van der Waals surface area contributed by atoms with Crippen LogP contribution in [0.3, 0.4) is 0 Å². The zero-order valence-electron chi connectivity index (χ0n) is 18.8. The number of benzene rings is 1. The van der Waals surface area contributed by atoms with Crippen molar-refractivity contribution in [2.24, 2.45) is 5.92 Å². The van der Waals surface area contributed by atoms with E-state index < -0.39 is 0 Å². The summed E-state index contributed by atoms with van der Waals surface area (Å²) in [7, 11) is 3.32. The largest absolute Gasteiger partial charge is 0.493 e. The molecule has 2 aromatic heterocycles. The van der Waals surface area contributed by atoms with Crippen LogP contribution in [0.1, 0.15) is 44.3 Å². The molecule has 2 aliphatic rings. The first-order valence-electron chi connectivity index (χ1n) is 11.2. The fraction of sp³-hybridized carbons (Fsp3) is 0.522. The van der Waals surface area contributed by atoms with Crippen LogP contribution in [0, 0.1) is 5.92 Å². The Morgan fingerprint density at radius 2 is 1.91 bits per heavy atom. The van der Waals surface area contributed by atoms with E-state index in [9.17, 15) is 0 Å². The van der Waals surface area contributed by atoms with Gasteiger partial charge in [0.1, 0.15) is 5.01 Å². The molecule has 1 saturated carbocycles. The van der Waals surface area contributed by atoms with Crippen LogP contribution in [0.15, 0.2) is 28.7 Å². The quantitative estimate of drug-likeness (QED) is 0.414. The highest BCUT2D eigenvalue weighted by molar-refractivity contribution is 7.98. The fourth-order valence-corrected chi connectivity index (χ4v) is 5.98. The molecule has 3 heterocycles. The maximum atomic E-state index is 5.59. The highest BCUT2D eigenvalue weighted by Crippen LogP contribution is 2.43. The van der Waals surface area contributed by atoms with Crippen molar-refractivity contribution < 1.29 is 9.47 Å². The number of nitrogens with zero attached hydrogens (tertiary/aromatic N) is 5. The van der Waals surface area contributed by atoms with Crippen LogP contribution in [0.25, 0.3) is 10.6 Å². The molecule has 9 heteroatoms. The van der Waals surface area contributed by atoms with Gasteiger partial charge in [-0.25, -0.2) is 4.98 Å². The van der Waals surface area contributed by atoms with E-state index in [1.807, 2.05) is 18.2 Å². The Labute approximate surface area is 197 Å². The lowest BCUT2D eigenvalue weighted by molar-refractivity contribution is 0.356. The van der Waals surface area contributed by atoms with Gasteiger partial charge in [0.2, 0.25) is 5.95 Å². The molecule has 1 aliphatic heterocycles. The van der Waals surface area contributed by atoms with E-state index in [-0.39, 0.29) is 0 Å². The molecule has 5 rings (SSSR count). The first-order chi connectivity index (χ1) is 15.7. The Morgan fingerprint density at radius 3 is 2.62 bits per heavy atom. The zero-order chi connectivity index (χ0) is 22.1. The van der Waals surface area contributed by atoms with E-state index >= 15 is 0 Å². The minimum absolute atomic E-state index is 0.550. The number of aromatic nitrogens is 4. The molecule has 0 radical (unpaired) electrons. The van der Waals surface area contributed by atoms with Crippen LogP contribution in [0.4, 0.5) is 5.95 Å². The summed E-state index contributed by atoms with van der Waals surface area (Å²) in [5.41, 5.74) is 1.99. The SMILES string of the molecule is COc1cccc(-c2nc(CSc3nnc(N4CCC(C)CC4)n3C3CC3)cs2)c1OC. The maximum absolute atomic E-state index is 5.59. The number of para-hydroxylation sites is 1. The predicted octanol–water partition coefficient (Wildman–Crippen LogP) is 5.28. The summed E-state index contributed by atoms with van der Waals surface area (Å²) in [5, 5.41) is 13.2. The van der Waals surface area contributed by atoms with Crippen molar-refractivity contribution >= 4 is 29.0 Å². The second-order valence-corrected chi connectivity index (χ2v) is 10.3. The van der Waals surface area contributed by atoms with Gasteiger partial charge in [-0.2, -0.15) is 0 Å². The summed E-state index contributed by atoms with van der Waals surface area (Å²) < 4.78 is 13.4. The minimum atomic E-state index is 0.550. The standard InChI is InChI=1S/C23H29N5O2S2/c1-15-9-11-27(12-10-15)22-25-26-23(28(22)17-7-8-17)32-14-16-13-31-21(24-16)18-5-4-6-19(29-2)20(18)30-3/h4-6,13,15,17H,7-12,14H2,1-3H3. The zero-order valence-corrected chi connectivity index (χ0v) is 20.4. The summed E-state index contributed by atoms with van der Waals surface area (Å²) in [5.74, 6) is 4.07. The van der Waals surface area contributed by atoms with Crippen LogP contribution in [0.2, 0.25) is 0 Å². The molecule has 0 bridgehead atoms. The third-order valence-electron chi connectivity index (χ3n) is 6.16. The monoisotopic (exact) mass is 471 g/mol. The smallest absolute Gasteiger partial charge is 0.228 e. The molecule has 0 spiro atoms. The van der Waals surface area contributed by atoms with Gasteiger partial charge in [-0.05, 0) is 43.7 Å². The summed E-state index contributed by atoms with van der Waals surface area (Å²) in [4.78, 5) is 7.29. The summed E-state index contributed by atoms with van der Waals surface area (Å²) in [6.45, 7) is 4.50. The average Bonchev–Trinajstić information content (AvgIpc) is 3.39. The Kier molecular flexibility index (Phi) is 6.28. The fourth-order valence-electron chi connectivity index (χ4n) is 4.14. The first kappa shape index (κ1) is 21.6. The molecule has 32 heavy (non-hydrogen) atoms. The Hall–Kier alpha value is -2.26. The molecule has 2 fully saturated rings. The van der Waals surface area contributed by atoms with E-state index in [4.69, 9.17) is 14.5 Å². The van der Waals surface area contributed by atoms with Crippen molar-refractivity contribution in [3.63, 3.8) is 0 Å². The molecule has 1 aliphatic carbocycles. The number of anilines is 1. The van der Waals surface area contributed by atoms with E-state index in [0.29, 0.717) is 11.8 Å². The third kappa shape index (κ3) is 4.32. The molecule has 170 valence electrons. The second kappa shape index (κ2) is 9.31. The summed E-state index contributed by atoms with van der Waals surface area (Å²) in [6.07, 6.45) is 4.91. The third-order valence-corrected chi connectivity index (χ3v) is 8.06. The maximum Gasteiger partial charge on any atom is 0.228 e. The molecule has 1 aromatic carbocycles. The van der Waals surface area contributed by atoms with Gasteiger partial charge in [0, 0.05) is 30.3 Å². The lowest BCUT2D eigenvalue weighted by atomic mass is 10.00. The number of hydrogen-bond acceptors (Lipinski definition) is 8. The van der Waals surface area contributed by atoms with Gasteiger partial charge in [-0.1, -0.05) is 24.8 Å². The number of hydrogen-bond donors (Lipinski definition) is 0. The molecule has 0 atom stereocenters. The first-order valence-corrected chi connectivity index (χ1v) is 13.0. The molecule has 0 N–H and O–H groups in total. The number of ether oxygens (including phenoxy) is 2. The van der Waals surface area contributed by atoms with E-state index in [0.717, 1.165) is 57.9 Å². The van der Waals surface area contributed by atoms with Gasteiger partial charge in [-0.3, -0.25) is 4.57 Å². The van der Waals surface area contributed by atoms with E-state index in [2.05, 4.69) is 32.0 Å². The lowest BCUT2D eigenvalue weighted by Crippen LogP contribution is -2.34. The lowest BCUT2D eigenvalue weighted by Gasteiger charge is -2.31. The van der Waals surface area contributed by atoms with Gasteiger partial charge in [0.25, 0.3) is 0 Å². The van der Waals surface area contributed by atoms with Crippen molar-refractivity contribution in [2.75, 3.05) is 32.2 Å². The molecule has 7 nitrogen and oxygen atoms in total. The van der Waals surface area contributed by atoms with Crippen LogP contribution in [0.5, 0.6) is 11.5 Å². The molecule has 1 saturated heterocycles. The van der Waals surface area contributed by atoms with Gasteiger partial charge in [0.15, 0.2) is 16.7 Å². The normalized spacial score (nSPS) is 17.0. The predicted molar refractivity (Wildman–Crippen MR) is 129 cm³/mol. The van der Waals surface area contributed by atoms with Crippen molar-refractivity contribution in [3.8, 4) is 22.1 Å². The topological polar surface area (TPSA) is 65.3 Å². The van der Waals surface area contributed by atoms with Crippen molar-refractivity contribution in [3.05, 3.63) is 29.3 Å². The average molecular weight is 472 g/mol. The van der Waals surface area contributed by atoms with Gasteiger partial charge in [-0.15, -0.1) is 21.5 Å². The highest BCUT2D eigenvalue weighted by atomic mass is 32.2. The summed E-state index contributed by atoms with van der Waals surface area (Å²) in [6, 6.07) is 6.44. The minimum Gasteiger partial charge on any atom is -0.493 e. The van der Waals surface area contributed by atoms with Crippen LogP contribution in [-0.4, -0.2) is 47.1 Å². The molecule has 0 amide bonds. The summed E-state index contributed by atoms with van der Waals surface area (Å²) >= 11 is 3.36. The number of thioether (sulfide) groups is 1. The molecule has 3 aromatic rings. The van der Waals surface area contributed by atoms with Crippen LogP contribution < -0.4 is 14.4 Å². The van der Waals surface area contributed by atoms with Crippen molar-refractivity contribution in [2.45, 2.75) is 49.6 Å². The van der Waals surface area contributed by atoms with Crippen molar-refractivity contribution in [1.82, 2.24) is 19.7 Å². The van der Waals surface area contributed by atoms with Crippen molar-refractivity contribution in [1.29, 1.82) is 0 Å². The van der Waals surface area contributed by atoms with Gasteiger partial charge >= 0.3 is 0 Å². The molecular formula is C23H29N5O2S2. The second-order valence-electron chi connectivity index (χ2n) is 8.53. The molecule has 0 unspecified atom stereocenters. The van der Waals surface area contributed by atoms with Crippen LogP contribution >= 0.6 is 23.1 Å². The number of methoxy groups -OCH3 is 2. The Bertz CT molecular complexity index is 1070. The highest BCUT2D eigenvalue weighted by Gasteiger charge is 2.32. The number of rotatable bonds is 8. The van der Waals surface area contributed by atoms with Gasteiger partial charge in [0.05, 0.1) is 25.5 Å². The van der Waals surface area contributed by atoms with E-state index in [1.165, 1.54) is 25.7 Å². The molecular weight excluding hydrogens is 442 g/mol. The Morgan fingerprint density at radius 1 is 1.09 bits per heavy atom. The number of thiazole rings is 1. The van der Waals surface area contributed by atoms with Gasteiger partial charge < -0.3 is 14.4 Å².